The van der Waals surface area contributed by atoms with Crippen molar-refractivity contribution in [3.05, 3.63) is 6.61 Å². The summed E-state index contributed by atoms with van der Waals surface area (Å²) in [6.07, 6.45) is 0.936. The van der Waals surface area contributed by atoms with Crippen molar-refractivity contribution in [2.45, 2.75) is 90.0 Å². The molecule has 0 heterocycles. The highest BCUT2D eigenvalue weighted by molar-refractivity contribution is 5.81. The van der Waals surface area contributed by atoms with E-state index in [0.29, 0.717) is 12.8 Å². The van der Waals surface area contributed by atoms with Crippen LogP contribution in [0, 0.1) is 6.61 Å². The monoisotopic (exact) mass is 345 g/mol. The maximum absolute atomic E-state index is 12.3. The van der Waals surface area contributed by atoms with Gasteiger partial charge in [-0.1, -0.05) is 0 Å². The highest BCUT2D eigenvalue weighted by atomic mass is 16.6. The normalized spacial score (nSPS) is 16.2. The molecule has 24 heavy (non-hydrogen) atoms. The molecule has 0 aromatic carbocycles. The fraction of sp³-hybridized carbons (Fsp3) is 0.824. The van der Waals surface area contributed by atoms with Crippen LogP contribution in [0.1, 0.15) is 67.2 Å². The number of hydrogen-bond donors (Lipinski definition) is 3. The van der Waals surface area contributed by atoms with Crippen LogP contribution in [0.5, 0.6) is 0 Å². The molecule has 1 radical (unpaired) electrons. The van der Waals surface area contributed by atoms with Crippen LogP contribution in [0.3, 0.4) is 0 Å². The fourth-order valence-corrected chi connectivity index (χ4v) is 1.96. The van der Waals surface area contributed by atoms with E-state index in [0.717, 1.165) is 6.61 Å². The Balaban J connectivity index is 4.64. The number of aliphatic hydroxyl groups is 1. The summed E-state index contributed by atoms with van der Waals surface area (Å²) in [5.74, 6) is -1.08. The lowest BCUT2D eigenvalue weighted by molar-refractivity contribution is -0.162. The minimum absolute atomic E-state index is 0.0381. The molecule has 0 rings (SSSR count). The van der Waals surface area contributed by atoms with Crippen LogP contribution in [0.25, 0.3) is 0 Å². The largest absolute Gasteiger partial charge is 0.459 e. The summed E-state index contributed by atoms with van der Waals surface area (Å²) in [6.45, 7) is 11.4. The van der Waals surface area contributed by atoms with E-state index in [1.54, 1.807) is 41.5 Å². The highest BCUT2D eigenvalue weighted by Gasteiger charge is 2.37. The minimum Gasteiger partial charge on any atom is -0.459 e. The molecular formula is C17H33N2O5. The molecule has 141 valence electrons. The molecule has 2 unspecified atom stereocenters. The van der Waals surface area contributed by atoms with Gasteiger partial charge in [0, 0.05) is 6.42 Å². The number of hydrogen-bond acceptors (Lipinski definition) is 7. The highest BCUT2D eigenvalue weighted by Crippen LogP contribution is 2.22. The Labute approximate surface area is 145 Å². The predicted molar refractivity (Wildman–Crippen MR) is 91.3 cm³/mol. The van der Waals surface area contributed by atoms with Crippen LogP contribution >= 0.6 is 0 Å². The molecule has 7 nitrogen and oxygen atoms in total. The summed E-state index contributed by atoms with van der Waals surface area (Å²) in [7, 11) is 0. The van der Waals surface area contributed by atoms with Gasteiger partial charge in [0.05, 0.1) is 6.61 Å². The first kappa shape index (κ1) is 22.8. The van der Waals surface area contributed by atoms with Gasteiger partial charge in [-0.05, 0) is 60.8 Å². The van der Waals surface area contributed by atoms with Gasteiger partial charge in [-0.15, -0.1) is 0 Å². The first-order valence-corrected chi connectivity index (χ1v) is 8.17. The second-order valence-corrected chi connectivity index (χ2v) is 8.08. The van der Waals surface area contributed by atoms with Crippen LogP contribution in [-0.2, 0) is 19.1 Å². The third-order valence-electron chi connectivity index (χ3n) is 3.11. The maximum atomic E-state index is 12.3. The standard InChI is InChI=1S/C17H33N2O5/c1-15(2,3)23-13(21)12(18)8-7-9-17(19,10-11-20)14(22)24-16(4,5)6/h11-12,20H,7-10,18-19H2,1-6H3. The topological polar surface area (TPSA) is 125 Å². The molecule has 0 aromatic heterocycles. The van der Waals surface area contributed by atoms with Gasteiger partial charge in [-0.3, -0.25) is 9.59 Å². The van der Waals surface area contributed by atoms with E-state index in [2.05, 4.69) is 0 Å². The predicted octanol–water partition coefficient (Wildman–Crippen LogP) is 1.79. The summed E-state index contributed by atoms with van der Waals surface area (Å²) in [5.41, 5.74) is 9.29. The Hall–Kier alpha value is -1.18. The maximum Gasteiger partial charge on any atom is 0.326 e. The second kappa shape index (κ2) is 8.78. The number of carbonyl (C=O) groups excluding carboxylic acids is 2. The van der Waals surface area contributed by atoms with Crippen LogP contribution in [-0.4, -0.2) is 39.8 Å². The number of esters is 2. The Morgan fingerprint density at radius 3 is 2.00 bits per heavy atom. The zero-order valence-corrected chi connectivity index (χ0v) is 15.7. The van der Waals surface area contributed by atoms with Gasteiger partial charge >= 0.3 is 11.9 Å². The van der Waals surface area contributed by atoms with Crippen molar-refractivity contribution < 1.29 is 24.2 Å². The second-order valence-electron chi connectivity index (χ2n) is 8.08. The SMILES string of the molecule is CC(C)(C)OC(=O)C(N)CCCC(N)(C[CH]O)C(=O)OC(C)(C)C. The molecule has 0 aliphatic carbocycles. The Morgan fingerprint density at radius 2 is 1.58 bits per heavy atom. The molecule has 0 aliphatic heterocycles. The number of ether oxygens (including phenoxy) is 2. The van der Waals surface area contributed by atoms with E-state index in [1.165, 1.54) is 0 Å². The van der Waals surface area contributed by atoms with Crippen molar-refractivity contribution in [3.63, 3.8) is 0 Å². The average Bonchev–Trinajstić information content (AvgIpc) is 2.34. The third kappa shape index (κ3) is 9.20. The third-order valence-corrected chi connectivity index (χ3v) is 3.11. The Morgan fingerprint density at radius 1 is 1.08 bits per heavy atom. The molecule has 7 heteroatoms. The van der Waals surface area contributed by atoms with Crippen molar-refractivity contribution >= 4 is 11.9 Å². The molecule has 0 aliphatic rings. The first-order chi connectivity index (χ1) is 10.7. The molecule has 0 spiro atoms. The summed E-state index contributed by atoms with van der Waals surface area (Å²) in [6, 6.07) is -0.787. The summed E-state index contributed by atoms with van der Waals surface area (Å²) in [5, 5.41) is 9.06. The molecule has 0 saturated carbocycles. The van der Waals surface area contributed by atoms with E-state index in [-0.39, 0.29) is 12.8 Å². The van der Waals surface area contributed by atoms with E-state index in [9.17, 15) is 9.59 Å². The van der Waals surface area contributed by atoms with Gasteiger partial charge in [0.2, 0.25) is 0 Å². The lowest BCUT2D eigenvalue weighted by atomic mass is 9.89. The molecule has 0 fully saturated rings. The smallest absolute Gasteiger partial charge is 0.326 e. The van der Waals surface area contributed by atoms with E-state index in [4.69, 9.17) is 26.0 Å². The number of rotatable bonds is 8. The number of carbonyl (C=O) groups is 2. The van der Waals surface area contributed by atoms with E-state index >= 15 is 0 Å². The minimum atomic E-state index is -1.35. The lowest BCUT2D eigenvalue weighted by Crippen LogP contribution is -2.51. The summed E-state index contributed by atoms with van der Waals surface area (Å²) < 4.78 is 10.5. The first-order valence-electron chi connectivity index (χ1n) is 8.17. The summed E-state index contributed by atoms with van der Waals surface area (Å²) in [4.78, 5) is 24.1. The van der Waals surface area contributed by atoms with Gasteiger partial charge in [0.1, 0.15) is 22.8 Å². The van der Waals surface area contributed by atoms with Gasteiger partial charge in [0.15, 0.2) is 0 Å². The van der Waals surface area contributed by atoms with Gasteiger partial charge in [-0.25, -0.2) is 0 Å². The fourth-order valence-electron chi connectivity index (χ4n) is 1.96. The molecular weight excluding hydrogens is 312 g/mol. The Kier molecular flexibility index (Phi) is 8.35. The van der Waals surface area contributed by atoms with Crippen molar-refractivity contribution in [3.8, 4) is 0 Å². The molecule has 2 atom stereocenters. The molecule has 0 aromatic rings. The van der Waals surface area contributed by atoms with Crippen molar-refractivity contribution in [2.75, 3.05) is 0 Å². The molecule has 0 amide bonds. The molecule has 0 saturated heterocycles. The molecule has 5 N–H and O–H groups in total. The Bertz CT molecular complexity index is 426. The van der Waals surface area contributed by atoms with Gasteiger partial charge < -0.3 is 26.0 Å². The number of aliphatic hydroxyl groups excluding tert-OH is 1. The average molecular weight is 345 g/mol. The zero-order chi connectivity index (χ0) is 19.2. The van der Waals surface area contributed by atoms with Crippen molar-refractivity contribution in [1.82, 2.24) is 0 Å². The van der Waals surface area contributed by atoms with Crippen molar-refractivity contribution in [1.29, 1.82) is 0 Å². The van der Waals surface area contributed by atoms with E-state index in [1.807, 2.05) is 0 Å². The van der Waals surface area contributed by atoms with Crippen LogP contribution in [0.2, 0.25) is 0 Å². The lowest BCUT2D eigenvalue weighted by Gasteiger charge is -2.31. The van der Waals surface area contributed by atoms with Crippen LogP contribution in [0.4, 0.5) is 0 Å². The van der Waals surface area contributed by atoms with Crippen LogP contribution < -0.4 is 11.5 Å². The van der Waals surface area contributed by atoms with E-state index < -0.39 is 34.7 Å². The van der Waals surface area contributed by atoms with Gasteiger partial charge in [-0.2, -0.15) is 0 Å². The number of nitrogens with two attached hydrogens (primary N) is 2. The quantitative estimate of drug-likeness (QED) is 0.573. The summed E-state index contributed by atoms with van der Waals surface area (Å²) >= 11 is 0. The van der Waals surface area contributed by atoms with Gasteiger partial charge in [0.25, 0.3) is 0 Å². The zero-order valence-electron chi connectivity index (χ0n) is 15.7. The van der Waals surface area contributed by atoms with Crippen molar-refractivity contribution in [2.24, 2.45) is 11.5 Å². The molecule has 0 bridgehead atoms. The van der Waals surface area contributed by atoms with Crippen LogP contribution in [0.15, 0.2) is 0 Å².